The van der Waals surface area contributed by atoms with Gasteiger partial charge in [-0.3, -0.25) is 14.5 Å². The number of carbonyl (C=O) groups excluding carboxylic acids is 2. The Kier molecular flexibility index (Phi) is 9.22. The van der Waals surface area contributed by atoms with Crippen LogP contribution in [0.5, 0.6) is 0 Å². The van der Waals surface area contributed by atoms with Crippen LogP contribution in [-0.4, -0.2) is 39.8 Å². The summed E-state index contributed by atoms with van der Waals surface area (Å²) in [6.45, 7) is 4.59. The molecule has 4 aromatic rings. The molecule has 3 aromatic carbocycles. The number of rotatable bonds is 11. The molecule has 1 amide bonds. The second-order valence-electron chi connectivity index (χ2n) is 12.1. The normalized spacial score (nSPS) is 20.0. The number of fused-ring (bicyclic) bond motifs is 3. The number of hydrogen-bond acceptors (Lipinski definition) is 3. The van der Waals surface area contributed by atoms with Gasteiger partial charge in [0, 0.05) is 55.3 Å². The lowest BCUT2D eigenvalue weighted by Crippen LogP contribution is -2.43. The van der Waals surface area contributed by atoms with Gasteiger partial charge in [-0.25, -0.2) is 0 Å². The summed E-state index contributed by atoms with van der Waals surface area (Å²) >= 11 is 12.2. The van der Waals surface area contributed by atoms with Crippen LogP contribution in [0.1, 0.15) is 77.3 Å². The molecule has 6 rings (SSSR count). The largest absolute Gasteiger partial charge is 0.348 e. The van der Waals surface area contributed by atoms with Crippen molar-refractivity contribution in [2.75, 3.05) is 6.54 Å². The van der Waals surface area contributed by atoms with Gasteiger partial charge < -0.3 is 9.88 Å². The number of para-hydroxylation sites is 1. The molecule has 3 heterocycles. The minimum Gasteiger partial charge on any atom is -0.348 e. The molecule has 224 valence electrons. The fourth-order valence-corrected chi connectivity index (χ4v) is 7.64. The summed E-state index contributed by atoms with van der Waals surface area (Å²) in [5, 5.41) is 5.06. The van der Waals surface area contributed by atoms with E-state index in [1.54, 1.807) is 18.2 Å². The number of benzene rings is 3. The van der Waals surface area contributed by atoms with E-state index >= 15 is 0 Å². The van der Waals surface area contributed by atoms with Gasteiger partial charge in [-0.2, -0.15) is 0 Å². The van der Waals surface area contributed by atoms with Crippen LogP contribution < -0.4 is 5.32 Å². The van der Waals surface area contributed by atoms with E-state index in [4.69, 9.17) is 23.2 Å². The Morgan fingerprint density at radius 1 is 0.907 bits per heavy atom. The molecule has 2 bridgehead atoms. The summed E-state index contributed by atoms with van der Waals surface area (Å²) in [4.78, 5) is 29.0. The van der Waals surface area contributed by atoms with Crippen molar-refractivity contribution in [2.45, 2.75) is 77.0 Å². The number of Topliss-reactive ketones (excluding diaryl/α,β-unsaturated/α-hetero) is 1. The van der Waals surface area contributed by atoms with Crippen molar-refractivity contribution >= 4 is 45.8 Å². The fraction of sp³-hybridized carbons (Fsp3) is 0.389. The van der Waals surface area contributed by atoms with Gasteiger partial charge in [-0.05, 0) is 73.8 Å². The standard InChI is InChI=1S/C36H39Cl2N3O2/c1-2-26-10-6-11-30-31(36(43)39-22-24-8-4-3-5-9-24)23-40(35(26)30)16-7-17-41-28-13-14-29(41)19-25(18-28)20-34(42)27-12-15-32(37)33(38)21-27/h3-6,8-12,15,21,23,25,28-29H,2,7,13-14,16-20,22H2,1H3,(H,39,43)/t25-,28+,29-. The first kappa shape index (κ1) is 29.9. The number of amides is 1. The van der Waals surface area contributed by atoms with Crippen molar-refractivity contribution in [2.24, 2.45) is 5.92 Å². The van der Waals surface area contributed by atoms with Crippen LogP contribution in [0, 0.1) is 5.92 Å². The molecule has 3 atom stereocenters. The molecule has 0 aliphatic carbocycles. The minimum atomic E-state index is -0.0311. The molecule has 0 radical (unpaired) electrons. The molecule has 2 saturated heterocycles. The van der Waals surface area contributed by atoms with Crippen LogP contribution in [-0.2, 0) is 19.5 Å². The number of carbonyl (C=O) groups is 2. The van der Waals surface area contributed by atoms with E-state index < -0.39 is 0 Å². The van der Waals surface area contributed by atoms with E-state index in [0.717, 1.165) is 55.3 Å². The maximum Gasteiger partial charge on any atom is 0.253 e. The fourth-order valence-electron chi connectivity index (χ4n) is 7.35. The third-order valence-electron chi connectivity index (χ3n) is 9.42. The van der Waals surface area contributed by atoms with Gasteiger partial charge in [0.15, 0.2) is 5.78 Å². The Bertz CT molecular complexity index is 1600. The Balaban J connectivity index is 1.09. The van der Waals surface area contributed by atoms with Crippen LogP contribution in [0.3, 0.4) is 0 Å². The van der Waals surface area contributed by atoms with Gasteiger partial charge in [0.1, 0.15) is 0 Å². The number of nitrogens with zero attached hydrogens (tertiary/aromatic N) is 2. The van der Waals surface area contributed by atoms with E-state index in [1.165, 1.54) is 23.9 Å². The Morgan fingerprint density at radius 2 is 1.67 bits per heavy atom. The second kappa shape index (κ2) is 13.3. The highest BCUT2D eigenvalue weighted by Gasteiger charge is 2.40. The third-order valence-corrected chi connectivity index (χ3v) is 10.2. The van der Waals surface area contributed by atoms with Crippen molar-refractivity contribution < 1.29 is 9.59 Å². The third kappa shape index (κ3) is 6.55. The molecule has 0 spiro atoms. The zero-order chi connectivity index (χ0) is 29.9. The molecule has 1 N–H and O–H groups in total. The smallest absolute Gasteiger partial charge is 0.253 e. The molecular formula is C36H39Cl2N3O2. The number of aromatic nitrogens is 1. The zero-order valence-corrected chi connectivity index (χ0v) is 26.2. The lowest BCUT2D eigenvalue weighted by molar-refractivity contribution is 0.0807. The number of ketones is 1. The maximum absolute atomic E-state index is 13.3. The molecule has 0 unspecified atom stereocenters. The van der Waals surface area contributed by atoms with E-state index in [9.17, 15) is 9.59 Å². The first-order valence-electron chi connectivity index (χ1n) is 15.6. The lowest BCUT2D eigenvalue weighted by Gasteiger charge is -2.39. The van der Waals surface area contributed by atoms with Crippen molar-refractivity contribution in [3.8, 4) is 0 Å². The quantitative estimate of drug-likeness (QED) is 0.172. The summed E-state index contributed by atoms with van der Waals surface area (Å²) in [6, 6.07) is 22.6. The number of hydrogen-bond donors (Lipinski definition) is 1. The van der Waals surface area contributed by atoms with Crippen molar-refractivity contribution in [3.05, 3.63) is 105 Å². The average Bonchev–Trinajstić information content (AvgIpc) is 3.51. The lowest BCUT2D eigenvalue weighted by atomic mass is 9.85. The molecule has 43 heavy (non-hydrogen) atoms. The Hall–Kier alpha value is -3.12. The van der Waals surface area contributed by atoms with E-state index in [-0.39, 0.29) is 11.7 Å². The highest BCUT2D eigenvalue weighted by atomic mass is 35.5. The van der Waals surface area contributed by atoms with E-state index in [0.29, 0.717) is 46.6 Å². The maximum atomic E-state index is 13.3. The highest BCUT2D eigenvalue weighted by Crippen LogP contribution is 2.40. The van der Waals surface area contributed by atoms with Gasteiger partial charge in [0.25, 0.3) is 5.91 Å². The van der Waals surface area contributed by atoms with Gasteiger partial charge >= 0.3 is 0 Å². The summed E-state index contributed by atoms with van der Waals surface area (Å²) in [6.07, 6.45) is 9.13. The van der Waals surface area contributed by atoms with Crippen LogP contribution in [0.2, 0.25) is 10.0 Å². The van der Waals surface area contributed by atoms with Crippen molar-refractivity contribution in [3.63, 3.8) is 0 Å². The van der Waals surface area contributed by atoms with Crippen molar-refractivity contribution in [1.82, 2.24) is 14.8 Å². The number of nitrogens with one attached hydrogen (secondary N) is 1. The predicted octanol–water partition coefficient (Wildman–Crippen LogP) is 8.35. The Labute approximate surface area is 264 Å². The Morgan fingerprint density at radius 3 is 2.40 bits per heavy atom. The van der Waals surface area contributed by atoms with E-state index in [2.05, 4.69) is 46.1 Å². The van der Waals surface area contributed by atoms with Crippen LogP contribution in [0.15, 0.2) is 72.9 Å². The number of aryl methyl sites for hydroxylation is 2. The van der Waals surface area contributed by atoms with Crippen LogP contribution >= 0.6 is 23.2 Å². The molecule has 7 heteroatoms. The molecule has 0 saturated carbocycles. The molecule has 1 aromatic heterocycles. The summed E-state index contributed by atoms with van der Waals surface area (Å²) in [7, 11) is 0. The van der Waals surface area contributed by atoms with Gasteiger partial charge in [-0.1, -0.05) is 78.7 Å². The van der Waals surface area contributed by atoms with Crippen LogP contribution in [0.4, 0.5) is 0 Å². The van der Waals surface area contributed by atoms with E-state index in [1.807, 2.05) is 30.3 Å². The zero-order valence-electron chi connectivity index (χ0n) is 24.7. The number of piperidine rings is 1. The molecular weight excluding hydrogens is 577 g/mol. The molecule has 2 fully saturated rings. The minimum absolute atomic E-state index is 0.0311. The molecule has 5 nitrogen and oxygen atoms in total. The van der Waals surface area contributed by atoms with Gasteiger partial charge in [0.2, 0.25) is 0 Å². The monoisotopic (exact) mass is 615 g/mol. The summed E-state index contributed by atoms with van der Waals surface area (Å²) < 4.78 is 2.30. The molecule has 2 aliphatic heterocycles. The van der Waals surface area contributed by atoms with Crippen LogP contribution in [0.25, 0.3) is 10.9 Å². The van der Waals surface area contributed by atoms with Gasteiger partial charge in [-0.15, -0.1) is 0 Å². The second-order valence-corrected chi connectivity index (χ2v) is 13.0. The average molecular weight is 617 g/mol. The summed E-state index contributed by atoms with van der Waals surface area (Å²) in [5.74, 6) is 0.538. The molecule has 2 aliphatic rings. The first-order chi connectivity index (χ1) is 20.9. The summed E-state index contributed by atoms with van der Waals surface area (Å²) in [5.41, 5.74) is 4.94. The SMILES string of the molecule is CCc1cccc2c(C(=O)NCc3ccccc3)cn(CCCN3[C@@H]4CC[C@H]3C[C@@H](CC(=O)c3ccc(Cl)c(Cl)c3)C4)c12. The van der Waals surface area contributed by atoms with Gasteiger partial charge in [0.05, 0.1) is 21.1 Å². The predicted molar refractivity (Wildman–Crippen MR) is 175 cm³/mol. The highest BCUT2D eigenvalue weighted by molar-refractivity contribution is 6.42. The topological polar surface area (TPSA) is 54.3 Å². The van der Waals surface area contributed by atoms with Crippen molar-refractivity contribution in [1.29, 1.82) is 0 Å². The number of halogens is 2. The first-order valence-corrected chi connectivity index (χ1v) is 16.3.